The van der Waals surface area contributed by atoms with E-state index >= 15 is 0 Å². The average Bonchev–Trinajstić information content (AvgIpc) is 2.62. The first-order valence-corrected chi connectivity index (χ1v) is 5.02. The molecule has 0 saturated carbocycles. The zero-order chi connectivity index (χ0) is 10.4. The monoisotopic (exact) mass is 197 g/mol. The van der Waals surface area contributed by atoms with Gasteiger partial charge < -0.3 is 15.0 Å². The molecular formula is C10H19N3O. The van der Waals surface area contributed by atoms with Gasteiger partial charge in [0.1, 0.15) is 5.82 Å². The van der Waals surface area contributed by atoms with Crippen molar-refractivity contribution in [2.45, 2.75) is 32.4 Å². The Morgan fingerprint density at radius 2 is 2.43 bits per heavy atom. The van der Waals surface area contributed by atoms with Crippen molar-refractivity contribution in [2.75, 3.05) is 13.7 Å². The first kappa shape index (κ1) is 11.2. The molecule has 0 radical (unpaired) electrons. The van der Waals surface area contributed by atoms with Crippen LogP contribution in [-0.4, -0.2) is 29.3 Å². The van der Waals surface area contributed by atoms with Gasteiger partial charge in [0.15, 0.2) is 0 Å². The number of nitrogens with zero attached hydrogens (tertiary/aromatic N) is 2. The van der Waals surface area contributed by atoms with Gasteiger partial charge in [0, 0.05) is 45.1 Å². The van der Waals surface area contributed by atoms with Gasteiger partial charge in [0.2, 0.25) is 0 Å². The summed E-state index contributed by atoms with van der Waals surface area (Å²) >= 11 is 0. The molecule has 0 bridgehead atoms. The maximum atomic E-state index is 5.94. The topological polar surface area (TPSA) is 53.1 Å². The molecule has 14 heavy (non-hydrogen) atoms. The first-order valence-electron chi connectivity index (χ1n) is 5.02. The number of aromatic nitrogens is 2. The Balaban J connectivity index is 2.42. The van der Waals surface area contributed by atoms with Crippen molar-refractivity contribution in [1.82, 2.24) is 9.55 Å². The molecule has 0 saturated heterocycles. The Kier molecular flexibility index (Phi) is 4.62. The third-order valence-corrected chi connectivity index (χ3v) is 2.28. The quantitative estimate of drug-likeness (QED) is 0.734. The second-order valence-electron chi connectivity index (χ2n) is 3.38. The molecule has 0 amide bonds. The normalized spacial score (nSPS) is 13.1. The van der Waals surface area contributed by atoms with Crippen LogP contribution < -0.4 is 5.73 Å². The molecule has 1 aromatic heterocycles. The molecule has 80 valence electrons. The van der Waals surface area contributed by atoms with Gasteiger partial charge in [-0.25, -0.2) is 4.98 Å². The minimum atomic E-state index is 0.141. The van der Waals surface area contributed by atoms with E-state index in [4.69, 9.17) is 10.5 Å². The van der Waals surface area contributed by atoms with Gasteiger partial charge >= 0.3 is 0 Å². The Morgan fingerprint density at radius 1 is 1.64 bits per heavy atom. The van der Waals surface area contributed by atoms with Crippen molar-refractivity contribution < 1.29 is 4.74 Å². The van der Waals surface area contributed by atoms with E-state index in [0.29, 0.717) is 6.61 Å². The van der Waals surface area contributed by atoms with Crippen LogP contribution in [-0.2, 0) is 17.7 Å². The number of ether oxygens (including phenoxy) is 1. The van der Waals surface area contributed by atoms with Crippen LogP contribution >= 0.6 is 0 Å². The maximum absolute atomic E-state index is 5.94. The van der Waals surface area contributed by atoms with Crippen molar-refractivity contribution in [3.05, 3.63) is 18.2 Å². The summed E-state index contributed by atoms with van der Waals surface area (Å²) in [5, 5.41) is 0. The summed E-state index contributed by atoms with van der Waals surface area (Å²) in [4.78, 5) is 4.28. The number of nitrogens with two attached hydrogens (primary N) is 1. The molecular weight excluding hydrogens is 178 g/mol. The Labute approximate surface area is 85.1 Å². The first-order chi connectivity index (χ1) is 6.77. The van der Waals surface area contributed by atoms with E-state index in [1.165, 1.54) is 0 Å². The molecule has 4 heteroatoms. The highest BCUT2D eigenvalue weighted by Crippen LogP contribution is 2.02. The minimum Gasteiger partial charge on any atom is -0.385 e. The molecule has 0 fully saturated rings. The summed E-state index contributed by atoms with van der Waals surface area (Å²) in [5.41, 5.74) is 5.94. The van der Waals surface area contributed by atoms with Crippen molar-refractivity contribution in [1.29, 1.82) is 0 Å². The van der Waals surface area contributed by atoms with Crippen molar-refractivity contribution in [3.63, 3.8) is 0 Å². The van der Waals surface area contributed by atoms with Gasteiger partial charge in [0.25, 0.3) is 0 Å². The van der Waals surface area contributed by atoms with E-state index in [2.05, 4.69) is 16.5 Å². The Bertz CT molecular complexity index is 260. The zero-order valence-corrected chi connectivity index (χ0v) is 8.94. The van der Waals surface area contributed by atoms with Crippen molar-refractivity contribution >= 4 is 0 Å². The lowest BCUT2D eigenvalue weighted by Crippen LogP contribution is -2.26. The number of imidazole rings is 1. The fraction of sp³-hybridized carbons (Fsp3) is 0.700. The van der Waals surface area contributed by atoms with E-state index in [-0.39, 0.29) is 6.04 Å². The fourth-order valence-electron chi connectivity index (χ4n) is 1.42. The second kappa shape index (κ2) is 5.78. The van der Waals surface area contributed by atoms with Gasteiger partial charge in [-0.1, -0.05) is 0 Å². The third kappa shape index (κ3) is 3.12. The van der Waals surface area contributed by atoms with Crippen LogP contribution in [0.2, 0.25) is 0 Å². The molecule has 1 unspecified atom stereocenters. The standard InChI is InChI=1S/C10H19N3O/c1-3-13-6-5-12-10(13)8-9(11)4-7-14-2/h5-6,9H,3-4,7-8,11H2,1-2H3. The maximum Gasteiger partial charge on any atom is 0.110 e. The van der Waals surface area contributed by atoms with E-state index in [1.807, 2.05) is 12.4 Å². The highest BCUT2D eigenvalue weighted by atomic mass is 16.5. The van der Waals surface area contributed by atoms with Crippen LogP contribution in [0.5, 0.6) is 0 Å². The zero-order valence-electron chi connectivity index (χ0n) is 8.94. The predicted molar refractivity (Wildman–Crippen MR) is 56.1 cm³/mol. The van der Waals surface area contributed by atoms with E-state index in [9.17, 15) is 0 Å². The molecule has 4 nitrogen and oxygen atoms in total. The van der Waals surface area contributed by atoms with Gasteiger partial charge in [-0.2, -0.15) is 0 Å². The molecule has 1 rings (SSSR count). The summed E-state index contributed by atoms with van der Waals surface area (Å²) in [6.45, 7) is 3.77. The van der Waals surface area contributed by atoms with Crippen LogP contribution in [0.25, 0.3) is 0 Å². The Hall–Kier alpha value is -0.870. The molecule has 0 aliphatic carbocycles. The van der Waals surface area contributed by atoms with E-state index in [1.54, 1.807) is 7.11 Å². The fourth-order valence-corrected chi connectivity index (χ4v) is 1.42. The minimum absolute atomic E-state index is 0.141. The molecule has 1 atom stereocenters. The van der Waals surface area contributed by atoms with Crippen LogP contribution in [0.1, 0.15) is 19.2 Å². The molecule has 0 aromatic carbocycles. The van der Waals surface area contributed by atoms with E-state index in [0.717, 1.165) is 25.2 Å². The molecule has 0 aliphatic rings. The number of rotatable bonds is 6. The van der Waals surface area contributed by atoms with Gasteiger partial charge in [-0.3, -0.25) is 0 Å². The van der Waals surface area contributed by atoms with Gasteiger partial charge in [-0.05, 0) is 13.3 Å². The van der Waals surface area contributed by atoms with Crippen LogP contribution in [0, 0.1) is 0 Å². The van der Waals surface area contributed by atoms with E-state index < -0.39 is 0 Å². The summed E-state index contributed by atoms with van der Waals surface area (Å²) in [6.07, 6.45) is 5.51. The summed E-state index contributed by atoms with van der Waals surface area (Å²) in [5.74, 6) is 1.07. The number of hydrogen-bond acceptors (Lipinski definition) is 3. The van der Waals surface area contributed by atoms with Crippen molar-refractivity contribution in [2.24, 2.45) is 5.73 Å². The average molecular weight is 197 g/mol. The molecule has 2 N–H and O–H groups in total. The number of aryl methyl sites for hydroxylation is 1. The Morgan fingerprint density at radius 3 is 3.07 bits per heavy atom. The van der Waals surface area contributed by atoms with Crippen molar-refractivity contribution in [3.8, 4) is 0 Å². The lowest BCUT2D eigenvalue weighted by atomic mass is 10.1. The highest BCUT2D eigenvalue weighted by molar-refractivity contribution is 4.94. The van der Waals surface area contributed by atoms with Crippen LogP contribution in [0.4, 0.5) is 0 Å². The summed E-state index contributed by atoms with van der Waals surface area (Å²) < 4.78 is 7.10. The van der Waals surface area contributed by atoms with Gasteiger partial charge in [-0.15, -0.1) is 0 Å². The molecule has 1 aromatic rings. The summed E-state index contributed by atoms with van der Waals surface area (Å²) in [7, 11) is 1.69. The van der Waals surface area contributed by atoms with Crippen LogP contribution in [0.3, 0.4) is 0 Å². The molecule has 0 aliphatic heterocycles. The van der Waals surface area contributed by atoms with Gasteiger partial charge in [0.05, 0.1) is 0 Å². The van der Waals surface area contributed by atoms with Crippen LogP contribution in [0.15, 0.2) is 12.4 Å². The number of methoxy groups -OCH3 is 1. The lowest BCUT2D eigenvalue weighted by molar-refractivity contribution is 0.187. The largest absolute Gasteiger partial charge is 0.385 e. The second-order valence-corrected chi connectivity index (χ2v) is 3.38. The number of hydrogen-bond donors (Lipinski definition) is 1. The third-order valence-electron chi connectivity index (χ3n) is 2.28. The lowest BCUT2D eigenvalue weighted by Gasteiger charge is -2.11. The summed E-state index contributed by atoms with van der Waals surface area (Å²) in [6, 6.07) is 0.141. The smallest absolute Gasteiger partial charge is 0.110 e. The highest BCUT2D eigenvalue weighted by Gasteiger charge is 2.07. The molecule has 0 spiro atoms. The SMILES string of the molecule is CCn1ccnc1CC(N)CCOC. The molecule has 1 heterocycles. The predicted octanol–water partition coefficient (Wildman–Crippen LogP) is 0.809.